The Morgan fingerprint density at radius 2 is 1.77 bits per heavy atom. The van der Waals surface area contributed by atoms with E-state index in [2.05, 4.69) is 14.9 Å². The molecular formula is C16H21ClN4O. The summed E-state index contributed by atoms with van der Waals surface area (Å²) in [5, 5.41) is 15.2. The maximum Gasteiger partial charge on any atom is 0.0930 e. The van der Waals surface area contributed by atoms with Crippen molar-refractivity contribution < 1.29 is 5.11 Å². The molecule has 0 saturated carbocycles. The first kappa shape index (κ1) is 15.5. The summed E-state index contributed by atoms with van der Waals surface area (Å²) in [5.74, 6) is 0. The van der Waals surface area contributed by atoms with Crippen LogP contribution in [-0.2, 0) is 6.67 Å². The van der Waals surface area contributed by atoms with Gasteiger partial charge in [0.05, 0.1) is 24.0 Å². The fourth-order valence-electron chi connectivity index (χ4n) is 2.76. The van der Waals surface area contributed by atoms with Gasteiger partial charge in [-0.25, -0.2) is 0 Å². The molecule has 2 heterocycles. The van der Waals surface area contributed by atoms with Gasteiger partial charge in [-0.3, -0.25) is 14.5 Å². The third-order valence-electron chi connectivity index (χ3n) is 4.03. The SMILES string of the molecule is OC(CN1CCN(Cn2cc(Cl)cn2)CC1)c1ccccc1. The van der Waals surface area contributed by atoms with E-state index in [1.807, 2.05) is 41.2 Å². The minimum atomic E-state index is -0.419. The first-order valence-electron chi connectivity index (χ1n) is 7.56. The predicted molar refractivity (Wildman–Crippen MR) is 86.7 cm³/mol. The maximum absolute atomic E-state index is 10.3. The molecule has 1 unspecified atom stereocenters. The number of piperazine rings is 1. The molecule has 0 radical (unpaired) electrons. The molecule has 1 fully saturated rings. The molecule has 1 aromatic carbocycles. The van der Waals surface area contributed by atoms with Crippen LogP contribution in [0, 0.1) is 0 Å². The Labute approximate surface area is 135 Å². The Bertz CT molecular complexity index is 581. The van der Waals surface area contributed by atoms with Crippen molar-refractivity contribution >= 4 is 11.6 Å². The van der Waals surface area contributed by atoms with Gasteiger partial charge in [-0.05, 0) is 5.56 Å². The van der Waals surface area contributed by atoms with Crippen molar-refractivity contribution in [3.63, 3.8) is 0 Å². The molecule has 1 saturated heterocycles. The van der Waals surface area contributed by atoms with Crippen molar-refractivity contribution in [3.8, 4) is 0 Å². The Hall–Kier alpha value is -1.40. The molecule has 0 aliphatic carbocycles. The quantitative estimate of drug-likeness (QED) is 0.913. The fraction of sp³-hybridized carbons (Fsp3) is 0.438. The zero-order valence-corrected chi connectivity index (χ0v) is 13.2. The number of aromatic nitrogens is 2. The van der Waals surface area contributed by atoms with E-state index in [9.17, 15) is 5.11 Å². The third-order valence-corrected chi connectivity index (χ3v) is 4.22. The minimum Gasteiger partial charge on any atom is -0.387 e. The number of aliphatic hydroxyl groups excluding tert-OH is 1. The highest BCUT2D eigenvalue weighted by molar-refractivity contribution is 6.30. The molecule has 22 heavy (non-hydrogen) atoms. The van der Waals surface area contributed by atoms with Gasteiger partial charge in [-0.1, -0.05) is 41.9 Å². The van der Waals surface area contributed by atoms with E-state index in [1.54, 1.807) is 6.20 Å². The lowest BCUT2D eigenvalue weighted by Crippen LogP contribution is -2.47. The van der Waals surface area contributed by atoms with Crippen molar-refractivity contribution in [2.75, 3.05) is 32.7 Å². The molecule has 1 N–H and O–H groups in total. The summed E-state index contributed by atoms with van der Waals surface area (Å²) in [4.78, 5) is 4.65. The summed E-state index contributed by atoms with van der Waals surface area (Å²) < 4.78 is 1.86. The zero-order chi connectivity index (χ0) is 15.4. The topological polar surface area (TPSA) is 44.5 Å². The van der Waals surface area contributed by atoms with Gasteiger partial charge in [0.2, 0.25) is 0 Å². The van der Waals surface area contributed by atoms with Crippen molar-refractivity contribution in [2.45, 2.75) is 12.8 Å². The second-order valence-electron chi connectivity index (χ2n) is 5.68. The van der Waals surface area contributed by atoms with Gasteiger partial charge in [0.1, 0.15) is 0 Å². The van der Waals surface area contributed by atoms with Gasteiger partial charge in [0.15, 0.2) is 0 Å². The van der Waals surface area contributed by atoms with Gasteiger partial charge in [-0.2, -0.15) is 5.10 Å². The van der Waals surface area contributed by atoms with E-state index >= 15 is 0 Å². The van der Waals surface area contributed by atoms with Crippen LogP contribution in [0.4, 0.5) is 0 Å². The highest BCUT2D eigenvalue weighted by Crippen LogP contribution is 2.15. The summed E-state index contributed by atoms with van der Waals surface area (Å²) in [5.41, 5.74) is 0.983. The second-order valence-corrected chi connectivity index (χ2v) is 6.12. The van der Waals surface area contributed by atoms with Crippen LogP contribution in [0.25, 0.3) is 0 Å². The third kappa shape index (κ3) is 4.08. The van der Waals surface area contributed by atoms with E-state index in [4.69, 9.17) is 11.6 Å². The van der Waals surface area contributed by atoms with E-state index in [0.29, 0.717) is 11.6 Å². The van der Waals surface area contributed by atoms with Crippen LogP contribution >= 0.6 is 11.6 Å². The molecule has 5 nitrogen and oxygen atoms in total. The summed E-state index contributed by atoms with van der Waals surface area (Å²) in [7, 11) is 0. The Kier molecular flexibility index (Phi) is 5.10. The van der Waals surface area contributed by atoms with Crippen molar-refractivity contribution in [3.05, 3.63) is 53.3 Å². The Morgan fingerprint density at radius 3 is 2.41 bits per heavy atom. The summed E-state index contributed by atoms with van der Waals surface area (Å²) >= 11 is 5.88. The fourth-order valence-corrected chi connectivity index (χ4v) is 2.92. The molecular weight excluding hydrogens is 300 g/mol. The molecule has 1 aromatic heterocycles. The molecule has 6 heteroatoms. The molecule has 0 amide bonds. The van der Waals surface area contributed by atoms with Crippen molar-refractivity contribution in [1.29, 1.82) is 0 Å². The molecule has 118 valence electrons. The van der Waals surface area contributed by atoms with Crippen LogP contribution in [0.2, 0.25) is 5.02 Å². The smallest absolute Gasteiger partial charge is 0.0930 e. The summed E-state index contributed by atoms with van der Waals surface area (Å²) in [6.07, 6.45) is 3.08. The average Bonchev–Trinajstić information content (AvgIpc) is 2.95. The van der Waals surface area contributed by atoms with Crippen molar-refractivity contribution in [1.82, 2.24) is 19.6 Å². The number of halogens is 1. The second kappa shape index (κ2) is 7.24. The van der Waals surface area contributed by atoms with Gasteiger partial charge in [-0.15, -0.1) is 0 Å². The number of aliphatic hydroxyl groups is 1. The summed E-state index contributed by atoms with van der Waals surface area (Å²) in [6, 6.07) is 9.85. The van der Waals surface area contributed by atoms with E-state index < -0.39 is 6.10 Å². The van der Waals surface area contributed by atoms with E-state index in [0.717, 1.165) is 38.4 Å². The lowest BCUT2D eigenvalue weighted by Gasteiger charge is -2.35. The molecule has 2 aromatic rings. The van der Waals surface area contributed by atoms with Gasteiger partial charge >= 0.3 is 0 Å². The molecule has 0 spiro atoms. The van der Waals surface area contributed by atoms with E-state index in [-0.39, 0.29) is 0 Å². The molecule has 0 bridgehead atoms. The lowest BCUT2D eigenvalue weighted by molar-refractivity contribution is 0.0597. The Balaban J connectivity index is 1.45. The van der Waals surface area contributed by atoms with Crippen LogP contribution in [0.15, 0.2) is 42.7 Å². The predicted octanol–water partition coefficient (Wildman–Crippen LogP) is 1.85. The number of β-amino-alcohol motifs (C(OH)–C–C–N with tert-alkyl or cyclic N) is 1. The van der Waals surface area contributed by atoms with Gasteiger partial charge in [0, 0.05) is 38.9 Å². The number of hydrogen-bond donors (Lipinski definition) is 1. The van der Waals surface area contributed by atoms with Crippen LogP contribution in [-0.4, -0.2) is 57.4 Å². The highest BCUT2D eigenvalue weighted by Gasteiger charge is 2.20. The van der Waals surface area contributed by atoms with Crippen LogP contribution in [0.1, 0.15) is 11.7 Å². The molecule has 1 aliphatic rings. The highest BCUT2D eigenvalue weighted by atomic mass is 35.5. The van der Waals surface area contributed by atoms with Crippen LogP contribution in [0.3, 0.4) is 0 Å². The largest absolute Gasteiger partial charge is 0.387 e. The van der Waals surface area contributed by atoms with E-state index in [1.165, 1.54) is 0 Å². The van der Waals surface area contributed by atoms with Crippen molar-refractivity contribution in [2.24, 2.45) is 0 Å². The normalized spacial score (nSPS) is 18.5. The number of rotatable bonds is 5. The number of hydrogen-bond acceptors (Lipinski definition) is 4. The molecule has 1 aliphatic heterocycles. The van der Waals surface area contributed by atoms with Crippen LogP contribution < -0.4 is 0 Å². The zero-order valence-electron chi connectivity index (χ0n) is 12.5. The first-order chi connectivity index (χ1) is 10.7. The van der Waals surface area contributed by atoms with Crippen LogP contribution in [0.5, 0.6) is 0 Å². The monoisotopic (exact) mass is 320 g/mol. The Morgan fingerprint density at radius 1 is 1.09 bits per heavy atom. The molecule has 1 atom stereocenters. The summed E-state index contributed by atoms with van der Waals surface area (Å²) in [6.45, 7) is 5.31. The first-order valence-corrected chi connectivity index (χ1v) is 7.94. The van der Waals surface area contributed by atoms with Gasteiger partial charge < -0.3 is 5.11 Å². The standard InChI is InChI=1S/C16H21ClN4O/c17-15-10-18-21(11-15)13-20-8-6-19(7-9-20)12-16(22)14-4-2-1-3-5-14/h1-5,10-11,16,22H,6-9,12-13H2. The number of nitrogens with zero attached hydrogens (tertiary/aromatic N) is 4. The molecule has 3 rings (SSSR count). The average molecular weight is 321 g/mol. The minimum absolute atomic E-state index is 0.419. The van der Waals surface area contributed by atoms with Gasteiger partial charge in [0.25, 0.3) is 0 Å². The maximum atomic E-state index is 10.3. The number of benzene rings is 1. The lowest BCUT2D eigenvalue weighted by atomic mass is 10.1.